The molecule has 5 heteroatoms. The lowest BCUT2D eigenvalue weighted by Gasteiger charge is -2.40. The summed E-state index contributed by atoms with van der Waals surface area (Å²) in [5.74, 6) is 0.766. The fourth-order valence-corrected chi connectivity index (χ4v) is 3.37. The highest BCUT2D eigenvalue weighted by Crippen LogP contribution is 2.34. The van der Waals surface area contributed by atoms with Crippen molar-refractivity contribution in [1.82, 2.24) is 15.1 Å². The predicted molar refractivity (Wildman–Crippen MR) is 88.4 cm³/mol. The number of hydrogen-bond acceptors (Lipinski definition) is 3. The molecule has 2 heterocycles. The van der Waals surface area contributed by atoms with Gasteiger partial charge < -0.3 is 9.64 Å². The van der Waals surface area contributed by atoms with Gasteiger partial charge in [0.1, 0.15) is 5.75 Å². The minimum atomic E-state index is -0.0682. The zero-order valence-electron chi connectivity index (χ0n) is 13.7. The molecule has 1 N–H and O–H groups in total. The molecule has 1 aliphatic rings. The smallest absolute Gasteiger partial charge is 0.260 e. The van der Waals surface area contributed by atoms with Crippen molar-refractivity contribution in [3.05, 3.63) is 47.8 Å². The van der Waals surface area contributed by atoms with Crippen molar-refractivity contribution in [2.24, 2.45) is 0 Å². The number of benzene rings is 1. The molecule has 1 fully saturated rings. The third-order valence-electron chi connectivity index (χ3n) is 4.59. The van der Waals surface area contributed by atoms with Crippen LogP contribution >= 0.6 is 0 Å². The summed E-state index contributed by atoms with van der Waals surface area (Å²) < 4.78 is 5.59. The zero-order valence-corrected chi connectivity index (χ0v) is 13.7. The number of para-hydroxylation sites is 1. The van der Waals surface area contributed by atoms with Crippen LogP contribution in [0.4, 0.5) is 0 Å². The van der Waals surface area contributed by atoms with Crippen molar-refractivity contribution in [3.63, 3.8) is 0 Å². The molecule has 1 unspecified atom stereocenters. The van der Waals surface area contributed by atoms with Crippen molar-refractivity contribution in [3.8, 4) is 5.75 Å². The molecule has 1 aromatic heterocycles. The van der Waals surface area contributed by atoms with E-state index in [1.54, 1.807) is 0 Å². The fourth-order valence-electron chi connectivity index (χ4n) is 3.37. The molecular formula is C18H23N3O2. The topological polar surface area (TPSA) is 58.2 Å². The number of H-pyrrole nitrogens is 1. The fraction of sp³-hybridized carbons (Fsp3) is 0.444. The Kier molecular flexibility index (Phi) is 4.37. The van der Waals surface area contributed by atoms with Gasteiger partial charge in [-0.05, 0) is 37.5 Å². The van der Waals surface area contributed by atoms with Crippen LogP contribution in [0.1, 0.15) is 31.0 Å². The average molecular weight is 313 g/mol. The Balaban J connectivity index is 1.64. The first-order chi connectivity index (χ1) is 11.1. The Hall–Kier alpha value is -2.30. The van der Waals surface area contributed by atoms with E-state index in [0.717, 1.165) is 36.4 Å². The number of rotatable bonds is 4. The monoisotopic (exact) mass is 313 g/mol. The second kappa shape index (κ2) is 6.44. The second-order valence-corrected chi connectivity index (χ2v) is 6.51. The molecule has 0 aliphatic carbocycles. The molecule has 1 aliphatic heterocycles. The minimum Gasteiger partial charge on any atom is -0.484 e. The van der Waals surface area contributed by atoms with Gasteiger partial charge in [0.15, 0.2) is 6.61 Å². The molecule has 0 saturated carbocycles. The maximum absolute atomic E-state index is 12.5. The van der Waals surface area contributed by atoms with Crippen molar-refractivity contribution < 1.29 is 9.53 Å². The number of piperidine rings is 1. The molecule has 1 atom stereocenters. The third-order valence-corrected chi connectivity index (χ3v) is 4.59. The number of aryl methyl sites for hydroxylation is 1. The maximum atomic E-state index is 12.5. The van der Waals surface area contributed by atoms with Crippen LogP contribution in [0.2, 0.25) is 0 Å². The second-order valence-electron chi connectivity index (χ2n) is 6.51. The van der Waals surface area contributed by atoms with Crippen molar-refractivity contribution in [1.29, 1.82) is 0 Å². The summed E-state index contributed by atoms with van der Waals surface area (Å²) in [6, 6.07) is 9.46. The van der Waals surface area contributed by atoms with Crippen molar-refractivity contribution in [2.75, 3.05) is 19.7 Å². The lowest BCUT2D eigenvalue weighted by Crippen LogP contribution is -2.48. The van der Waals surface area contributed by atoms with Gasteiger partial charge in [-0.2, -0.15) is 5.10 Å². The van der Waals surface area contributed by atoms with E-state index in [1.165, 1.54) is 0 Å². The molecule has 0 radical (unpaired) electrons. The Morgan fingerprint density at radius 3 is 2.87 bits per heavy atom. The summed E-state index contributed by atoms with van der Waals surface area (Å²) >= 11 is 0. The number of aromatic nitrogens is 2. The van der Waals surface area contributed by atoms with Gasteiger partial charge >= 0.3 is 0 Å². The number of aromatic amines is 1. The largest absolute Gasteiger partial charge is 0.484 e. The molecule has 0 bridgehead atoms. The van der Waals surface area contributed by atoms with E-state index in [1.807, 2.05) is 41.4 Å². The summed E-state index contributed by atoms with van der Waals surface area (Å²) in [5, 5.41) is 7.25. The molecule has 1 amide bonds. The number of ether oxygens (including phenoxy) is 1. The summed E-state index contributed by atoms with van der Waals surface area (Å²) in [7, 11) is 0. The first-order valence-corrected chi connectivity index (χ1v) is 8.04. The van der Waals surface area contributed by atoms with Crippen molar-refractivity contribution in [2.45, 2.75) is 32.1 Å². The number of likely N-dealkylation sites (tertiary alicyclic amines) is 1. The molecule has 23 heavy (non-hydrogen) atoms. The van der Waals surface area contributed by atoms with E-state index in [0.29, 0.717) is 6.54 Å². The maximum Gasteiger partial charge on any atom is 0.260 e. The van der Waals surface area contributed by atoms with Crippen LogP contribution in [0.25, 0.3) is 0 Å². The molecule has 5 nitrogen and oxygen atoms in total. The Labute approximate surface area is 136 Å². The van der Waals surface area contributed by atoms with Gasteiger partial charge in [0.25, 0.3) is 5.91 Å². The minimum absolute atomic E-state index is 0.0388. The molecule has 122 valence electrons. The van der Waals surface area contributed by atoms with Crippen LogP contribution in [0.15, 0.2) is 36.5 Å². The Bertz CT molecular complexity index is 668. The van der Waals surface area contributed by atoms with Crippen LogP contribution in [-0.4, -0.2) is 40.7 Å². The predicted octanol–water partition coefficient (Wildman–Crippen LogP) is 2.68. The molecule has 0 spiro atoms. The number of carbonyl (C=O) groups is 1. The summed E-state index contributed by atoms with van der Waals surface area (Å²) in [6.45, 7) is 5.84. The van der Waals surface area contributed by atoms with E-state index in [4.69, 9.17) is 4.74 Å². The van der Waals surface area contributed by atoms with Crippen molar-refractivity contribution >= 4 is 5.91 Å². The first kappa shape index (κ1) is 15.6. The molecule has 1 saturated heterocycles. The van der Waals surface area contributed by atoms with Gasteiger partial charge in [0.2, 0.25) is 0 Å². The Morgan fingerprint density at radius 2 is 2.17 bits per heavy atom. The van der Waals surface area contributed by atoms with Gasteiger partial charge in [-0.3, -0.25) is 9.89 Å². The summed E-state index contributed by atoms with van der Waals surface area (Å²) in [5.41, 5.74) is 2.22. The van der Waals surface area contributed by atoms with Gasteiger partial charge in [0, 0.05) is 24.2 Å². The summed E-state index contributed by atoms with van der Waals surface area (Å²) in [4.78, 5) is 14.4. The standard InChI is InChI=1S/C18H23N3O2/c1-14-11-19-20-17(14)18(2)9-6-10-21(13-18)16(22)12-23-15-7-4-3-5-8-15/h3-5,7-8,11H,6,9-10,12-13H2,1-2H3,(H,19,20). The zero-order chi connectivity index (χ0) is 16.3. The van der Waals surface area contributed by atoms with E-state index in [-0.39, 0.29) is 17.9 Å². The lowest BCUT2D eigenvalue weighted by molar-refractivity contribution is -0.135. The van der Waals surface area contributed by atoms with Gasteiger partial charge in [-0.25, -0.2) is 0 Å². The van der Waals surface area contributed by atoms with Gasteiger partial charge in [0.05, 0.1) is 6.20 Å². The number of amides is 1. The van der Waals surface area contributed by atoms with Crippen LogP contribution in [0, 0.1) is 6.92 Å². The normalized spacial score (nSPS) is 21.2. The van der Waals surface area contributed by atoms with Crippen LogP contribution < -0.4 is 4.74 Å². The SMILES string of the molecule is Cc1cn[nH]c1C1(C)CCCN(C(=O)COc2ccccc2)C1. The molecule has 2 aromatic rings. The average Bonchev–Trinajstić information content (AvgIpc) is 3.00. The van der Waals surface area contributed by atoms with Gasteiger partial charge in [-0.1, -0.05) is 25.1 Å². The Morgan fingerprint density at radius 1 is 1.39 bits per heavy atom. The van der Waals surface area contributed by atoms with Crippen LogP contribution in [0.5, 0.6) is 5.75 Å². The van der Waals surface area contributed by atoms with Crippen LogP contribution in [-0.2, 0) is 10.2 Å². The first-order valence-electron chi connectivity index (χ1n) is 8.04. The van der Waals surface area contributed by atoms with Crippen LogP contribution in [0.3, 0.4) is 0 Å². The van der Waals surface area contributed by atoms with E-state index in [9.17, 15) is 4.79 Å². The molecule has 1 aromatic carbocycles. The van der Waals surface area contributed by atoms with E-state index < -0.39 is 0 Å². The number of carbonyl (C=O) groups excluding carboxylic acids is 1. The number of hydrogen-bond donors (Lipinski definition) is 1. The van der Waals surface area contributed by atoms with E-state index in [2.05, 4.69) is 24.0 Å². The third kappa shape index (κ3) is 3.38. The quantitative estimate of drug-likeness (QED) is 0.944. The van der Waals surface area contributed by atoms with E-state index >= 15 is 0 Å². The number of nitrogens with zero attached hydrogens (tertiary/aromatic N) is 2. The van der Waals surface area contributed by atoms with Gasteiger partial charge in [-0.15, -0.1) is 0 Å². The highest BCUT2D eigenvalue weighted by molar-refractivity contribution is 5.78. The molecular weight excluding hydrogens is 290 g/mol. The number of nitrogens with one attached hydrogen (secondary N) is 1. The summed E-state index contributed by atoms with van der Waals surface area (Å²) in [6.07, 6.45) is 3.89. The molecule has 3 rings (SSSR count). The lowest BCUT2D eigenvalue weighted by atomic mass is 9.77. The highest BCUT2D eigenvalue weighted by atomic mass is 16.5. The highest BCUT2D eigenvalue weighted by Gasteiger charge is 2.36.